The maximum Gasteiger partial charge on any atom is 0.266 e. The molecule has 3 aromatic carbocycles. The second-order valence-electron chi connectivity index (χ2n) is 8.83. The fourth-order valence-electron chi connectivity index (χ4n) is 4.59. The number of fused-ring (bicyclic) bond motifs is 1. The lowest BCUT2D eigenvalue weighted by molar-refractivity contribution is -0.135. The zero-order valence-corrected chi connectivity index (χ0v) is 21.2. The standard InChI is InChI=1S/C30H33N3O3/c1-4-6-20-28(34)32(21-22-14-8-7-9-15-22)25(5-2)29-31-24-17-11-10-16-23(24)30(35)33(29)26-18-12-13-19-27(26)36-3/h7-19,25H,4-6,20-21H2,1-3H3. The SMILES string of the molecule is CCCCC(=O)N(Cc1ccccc1)C(CC)c1nc2ccccc2c(=O)n1-c1ccccc1OC. The van der Waals surface area contributed by atoms with Crippen LogP contribution in [-0.4, -0.2) is 27.5 Å². The van der Waals surface area contributed by atoms with Gasteiger partial charge in [-0.2, -0.15) is 0 Å². The Kier molecular flexibility index (Phi) is 8.16. The Morgan fingerprint density at radius 1 is 0.972 bits per heavy atom. The van der Waals surface area contributed by atoms with E-state index in [2.05, 4.69) is 6.92 Å². The lowest BCUT2D eigenvalue weighted by atomic mass is 10.1. The first kappa shape index (κ1) is 25.2. The molecule has 0 aliphatic rings. The highest BCUT2D eigenvalue weighted by atomic mass is 16.5. The lowest BCUT2D eigenvalue weighted by Gasteiger charge is -2.33. The van der Waals surface area contributed by atoms with Crippen LogP contribution < -0.4 is 10.3 Å². The Balaban J connectivity index is 1.95. The van der Waals surface area contributed by atoms with Crippen LogP contribution >= 0.6 is 0 Å². The summed E-state index contributed by atoms with van der Waals surface area (Å²) in [6.45, 7) is 4.55. The molecule has 0 aliphatic heterocycles. The molecule has 1 unspecified atom stereocenters. The zero-order valence-electron chi connectivity index (χ0n) is 21.2. The van der Waals surface area contributed by atoms with Crippen molar-refractivity contribution in [1.82, 2.24) is 14.5 Å². The van der Waals surface area contributed by atoms with E-state index in [1.807, 2.05) is 84.6 Å². The average Bonchev–Trinajstić information content (AvgIpc) is 2.92. The zero-order chi connectivity index (χ0) is 25.5. The van der Waals surface area contributed by atoms with Crippen molar-refractivity contribution in [2.24, 2.45) is 0 Å². The Hall–Kier alpha value is -3.93. The van der Waals surface area contributed by atoms with Gasteiger partial charge in [0.2, 0.25) is 5.91 Å². The maximum atomic E-state index is 13.9. The first-order chi connectivity index (χ1) is 17.6. The van der Waals surface area contributed by atoms with E-state index in [1.54, 1.807) is 17.7 Å². The smallest absolute Gasteiger partial charge is 0.266 e. The first-order valence-electron chi connectivity index (χ1n) is 12.6. The van der Waals surface area contributed by atoms with Crippen molar-refractivity contribution < 1.29 is 9.53 Å². The second-order valence-corrected chi connectivity index (χ2v) is 8.83. The predicted molar refractivity (Wildman–Crippen MR) is 143 cm³/mol. The summed E-state index contributed by atoms with van der Waals surface area (Å²) in [6, 6.07) is 24.3. The highest BCUT2D eigenvalue weighted by Crippen LogP contribution is 2.31. The Morgan fingerprint density at radius 2 is 1.67 bits per heavy atom. The van der Waals surface area contributed by atoms with Gasteiger partial charge in [0.05, 0.1) is 29.7 Å². The molecule has 1 aromatic heterocycles. The summed E-state index contributed by atoms with van der Waals surface area (Å²) in [5.74, 6) is 1.16. The lowest BCUT2D eigenvalue weighted by Crippen LogP contribution is -2.38. The molecule has 0 spiro atoms. The number of para-hydroxylation sites is 3. The van der Waals surface area contributed by atoms with E-state index >= 15 is 0 Å². The molecular formula is C30H33N3O3. The number of hydrogen-bond acceptors (Lipinski definition) is 4. The molecule has 186 valence electrons. The van der Waals surface area contributed by atoms with Gasteiger partial charge in [-0.1, -0.05) is 74.9 Å². The monoisotopic (exact) mass is 483 g/mol. The van der Waals surface area contributed by atoms with E-state index < -0.39 is 6.04 Å². The molecule has 4 rings (SSSR count). The minimum absolute atomic E-state index is 0.0570. The Labute approximate surface area is 212 Å². The average molecular weight is 484 g/mol. The summed E-state index contributed by atoms with van der Waals surface area (Å²) in [5.41, 5.74) is 2.08. The summed E-state index contributed by atoms with van der Waals surface area (Å²) < 4.78 is 7.25. The number of aromatic nitrogens is 2. The molecule has 0 saturated carbocycles. The van der Waals surface area contributed by atoms with Crippen LogP contribution in [0.2, 0.25) is 0 Å². The number of rotatable bonds is 10. The van der Waals surface area contributed by atoms with E-state index in [4.69, 9.17) is 9.72 Å². The summed E-state index contributed by atoms with van der Waals surface area (Å²) in [7, 11) is 1.59. The normalized spacial score (nSPS) is 11.9. The van der Waals surface area contributed by atoms with Crippen LogP contribution in [0, 0.1) is 0 Å². The van der Waals surface area contributed by atoms with Crippen molar-refractivity contribution in [2.75, 3.05) is 7.11 Å². The van der Waals surface area contributed by atoms with Crippen LogP contribution in [0.25, 0.3) is 16.6 Å². The van der Waals surface area contributed by atoms with Gasteiger partial charge >= 0.3 is 0 Å². The van der Waals surface area contributed by atoms with Crippen molar-refractivity contribution >= 4 is 16.8 Å². The van der Waals surface area contributed by atoms with Crippen LogP contribution in [0.3, 0.4) is 0 Å². The third kappa shape index (κ3) is 5.18. The number of carbonyl (C=O) groups is 1. The van der Waals surface area contributed by atoms with Crippen molar-refractivity contribution in [3.8, 4) is 11.4 Å². The summed E-state index contributed by atoms with van der Waals surface area (Å²) >= 11 is 0. The molecule has 0 aliphatic carbocycles. The molecular weight excluding hydrogens is 450 g/mol. The van der Waals surface area contributed by atoms with Gasteiger partial charge in [-0.15, -0.1) is 0 Å². The Bertz CT molecular complexity index is 1380. The number of methoxy groups -OCH3 is 1. The maximum absolute atomic E-state index is 13.9. The number of nitrogens with zero attached hydrogens (tertiary/aromatic N) is 3. The van der Waals surface area contributed by atoms with Gasteiger partial charge in [-0.3, -0.25) is 14.2 Å². The van der Waals surface area contributed by atoms with E-state index in [-0.39, 0.29) is 11.5 Å². The predicted octanol–water partition coefficient (Wildman–Crippen LogP) is 6.06. The topological polar surface area (TPSA) is 64.4 Å². The van der Waals surface area contributed by atoms with E-state index in [1.165, 1.54) is 0 Å². The van der Waals surface area contributed by atoms with Crippen LogP contribution in [0.4, 0.5) is 0 Å². The molecule has 0 N–H and O–H groups in total. The quantitative estimate of drug-likeness (QED) is 0.275. The largest absolute Gasteiger partial charge is 0.495 e. The van der Waals surface area contributed by atoms with Crippen molar-refractivity contribution in [1.29, 1.82) is 0 Å². The van der Waals surface area contributed by atoms with Crippen LogP contribution in [-0.2, 0) is 11.3 Å². The van der Waals surface area contributed by atoms with Gasteiger partial charge in [0, 0.05) is 13.0 Å². The molecule has 6 heteroatoms. The minimum Gasteiger partial charge on any atom is -0.495 e. The van der Waals surface area contributed by atoms with Crippen molar-refractivity contribution in [3.63, 3.8) is 0 Å². The van der Waals surface area contributed by atoms with Crippen molar-refractivity contribution in [3.05, 3.63) is 101 Å². The highest BCUT2D eigenvalue weighted by Gasteiger charge is 2.29. The fourth-order valence-corrected chi connectivity index (χ4v) is 4.59. The van der Waals surface area contributed by atoms with Crippen LogP contribution in [0.1, 0.15) is 57.0 Å². The summed E-state index contributed by atoms with van der Waals surface area (Å²) in [4.78, 5) is 34.4. The number of unbranched alkanes of at least 4 members (excludes halogenated alkanes) is 1. The molecule has 1 heterocycles. The van der Waals surface area contributed by atoms with E-state index in [0.717, 1.165) is 18.4 Å². The fraction of sp³-hybridized carbons (Fsp3) is 0.300. The van der Waals surface area contributed by atoms with E-state index in [9.17, 15) is 9.59 Å². The third-order valence-corrected chi connectivity index (χ3v) is 6.45. The molecule has 4 aromatic rings. The van der Waals surface area contributed by atoms with Gasteiger partial charge in [0.25, 0.3) is 5.56 Å². The summed E-state index contributed by atoms with van der Waals surface area (Å²) in [6.07, 6.45) is 2.80. The van der Waals surface area contributed by atoms with Gasteiger partial charge in [0.1, 0.15) is 11.6 Å². The molecule has 0 bridgehead atoms. The van der Waals surface area contributed by atoms with Gasteiger partial charge < -0.3 is 9.64 Å². The van der Waals surface area contributed by atoms with Gasteiger partial charge in [0.15, 0.2) is 0 Å². The highest BCUT2D eigenvalue weighted by molar-refractivity contribution is 5.79. The number of hydrogen-bond donors (Lipinski definition) is 0. The summed E-state index contributed by atoms with van der Waals surface area (Å²) in [5, 5.41) is 0.522. The number of benzene rings is 3. The van der Waals surface area contributed by atoms with Crippen LogP contribution in [0.5, 0.6) is 5.75 Å². The molecule has 6 nitrogen and oxygen atoms in total. The Morgan fingerprint density at radius 3 is 2.39 bits per heavy atom. The third-order valence-electron chi connectivity index (χ3n) is 6.45. The molecule has 1 amide bonds. The molecule has 0 fully saturated rings. The molecule has 0 saturated heterocycles. The number of carbonyl (C=O) groups excluding carboxylic acids is 1. The molecule has 36 heavy (non-hydrogen) atoms. The second kappa shape index (κ2) is 11.7. The number of amides is 1. The van der Waals surface area contributed by atoms with Crippen molar-refractivity contribution in [2.45, 2.75) is 52.1 Å². The molecule has 0 radical (unpaired) electrons. The first-order valence-corrected chi connectivity index (χ1v) is 12.6. The number of ether oxygens (including phenoxy) is 1. The molecule has 1 atom stereocenters. The van der Waals surface area contributed by atoms with E-state index in [0.29, 0.717) is 47.6 Å². The van der Waals surface area contributed by atoms with Gasteiger partial charge in [-0.25, -0.2) is 4.98 Å². The van der Waals surface area contributed by atoms with Gasteiger partial charge in [-0.05, 0) is 42.7 Å². The minimum atomic E-state index is -0.406. The van der Waals surface area contributed by atoms with Crippen LogP contribution in [0.15, 0.2) is 83.7 Å².